The quantitative estimate of drug-likeness (QED) is 0.486. The Morgan fingerprint density at radius 3 is 2.81 bits per heavy atom. The summed E-state index contributed by atoms with van der Waals surface area (Å²) in [5.74, 6) is 1.05. The van der Waals surface area contributed by atoms with E-state index >= 15 is 0 Å². The van der Waals surface area contributed by atoms with Crippen LogP contribution in [0.3, 0.4) is 0 Å². The van der Waals surface area contributed by atoms with Gasteiger partial charge in [0.25, 0.3) is 0 Å². The first-order chi connectivity index (χ1) is 15.6. The van der Waals surface area contributed by atoms with Gasteiger partial charge in [0, 0.05) is 28.5 Å². The third kappa shape index (κ3) is 2.96. The number of aromatic nitrogens is 6. The minimum atomic E-state index is -0.486. The molecule has 9 heteroatoms. The van der Waals surface area contributed by atoms with Crippen molar-refractivity contribution in [2.75, 3.05) is 5.73 Å². The fraction of sp³-hybridized carbons (Fsp3) is 0.304. The Kier molecular flexibility index (Phi) is 4.24. The number of pyridine rings is 1. The number of ether oxygens (including phenoxy) is 1. The second kappa shape index (κ2) is 7.15. The predicted octanol–water partition coefficient (Wildman–Crippen LogP) is 4.15. The Morgan fingerprint density at radius 1 is 1.12 bits per heavy atom. The summed E-state index contributed by atoms with van der Waals surface area (Å²) >= 11 is 0. The van der Waals surface area contributed by atoms with Crippen LogP contribution < -0.4 is 10.5 Å². The molecule has 0 unspecified atom stereocenters. The van der Waals surface area contributed by atoms with Gasteiger partial charge in [-0.2, -0.15) is 10.2 Å². The van der Waals surface area contributed by atoms with E-state index in [0.29, 0.717) is 29.7 Å². The van der Waals surface area contributed by atoms with Crippen molar-refractivity contribution in [2.45, 2.75) is 44.9 Å². The summed E-state index contributed by atoms with van der Waals surface area (Å²) in [5, 5.41) is 9.18. The zero-order valence-corrected chi connectivity index (χ0v) is 17.6. The molecule has 1 fully saturated rings. The zero-order chi connectivity index (χ0) is 21.8. The number of fused-ring (bicyclic) bond motifs is 7. The van der Waals surface area contributed by atoms with E-state index in [1.807, 2.05) is 23.9 Å². The lowest BCUT2D eigenvalue weighted by Gasteiger charge is -2.28. The third-order valence-corrected chi connectivity index (χ3v) is 6.38. The lowest BCUT2D eigenvalue weighted by Crippen LogP contribution is -2.19. The number of anilines is 1. The second-order valence-corrected chi connectivity index (χ2v) is 8.39. The molecular weight excluding hydrogens is 409 g/mol. The van der Waals surface area contributed by atoms with Gasteiger partial charge in [0.1, 0.15) is 18.2 Å². The topological polar surface area (TPSA) is 96.7 Å². The Bertz CT molecular complexity index is 1320. The first-order valence-electron chi connectivity index (χ1n) is 10.7. The highest BCUT2D eigenvalue weighted by atomic mass is 19.1. The molecule has 1 aliphatic carbocycles. The van der Waals surface area contributed by atoms with E-state index in [-0.39, 0.29) is 11.6 Å². The number of halogens is 1. The number of hydrogen-bond acceptors (Lipinski definition) is 6. The summed E-state index contributed by atoms with van der Waals surface area (Å²) in [6.45, 7) is 2.34. The highest BCUT2D eigenvalue weighted by Gasteiger charge is 2.27. The molecule has 2 bridgehead atoms. The van der Waals surface area contributed by atoms with Crippen molar-refractivity contribution in [3.8, 4) is 28.4 Å². The number of nitrogens with zero attached hydrogens (tertiary/aromatic N) is 6. The van der Waals surface area contributed by atoms with Crippen molar-refractivity contribution >= 4 is 5.82 Å². The average Bonchev–Trinajstić information content (AvgIpc) is 3.35. The number of hydrogen-bond donors (Lipinski definition) is 1. The Hall–Kier alpha value is -3.75. The standard InChI is InChI=1S/C23H22FN7O/c1-13-19-8-16(24)5-6-18(19)23-27-12-29-30(23)11-15-10-28-31(17-3-2-4-17)21(15)14-7-20(32-13)22(25)26-9-14/h5-10,12-13,17H,2-4,11H2,1H3,(H2,25,26)/t13-/m1/s1. The normalized spacial score (nSPS) is 17.8. The Morgan fingerprint density at radius 2 is 2.00 bits per heavy atom. The van der Waals surface area contributed by atoms with E-state index in [2.05, 4.69) is 19.7 Å². The van der Waals surface area contributed by atoms with E-state index < -0.39 is 6.10 Å². The van der Waals surface area contributed by atoms with E-state index in [0.717, 1.165) is 35.2 Å². The first kappa shape index (κ1) is 19.0. The van der Waals surface area contributed by atoms with Crippen LogP contribution in [0.1, 0.15) is 49.5 Å². The summed E-state index contributed by atoms with van der Waals surface area (Å²) in [7, 11) is 0. The second-order valence-electron chi connectivity index (χ2n) is 8.39. The van der Waals surface area contributed by atoms with E-state index in [9.17, 15) is 4.39 Å². The molecule has 6 rings (SSSR count). The fourth-order valence-electron chi connectivity index (χ4n) is 4.50. The highest BCUT2D eigenvalue weighted by Crippen LogP contribution is 2.40. The van der Waals surface area contributed by atoms with Gasteiger partial charge in [0.05, 0.1) is 24.5 Å². The van der Waals surface area contributed by atoms with Gasteiger partial charge >= 0.3 is 0 Å². The first-order valence-corrected chi connectivity index (χ1v) is 10.7. The maximum atomic E-state index is 14.2. The van der Waals surface area contributed by atoms with Gasteiger partial charge in [-0.15, -0.1) is 0 Å². The number of nitrogen functional groups attached to an aromatic ring is 1. The van der Waals surface area contributed by atoms with Crippen LogP contribution >= 0.6 is 0 Å². The summed E-state index contributed by atoms with van der Waals surface area (Å²) < 4.78 is 24.3. The monoisotopic (exact) mass is 431 g/mol. The SMILES string of the molecule is C[C@H]1Oc2cc(cnc2N)-c2c(cnn2C2CCC2)Cn2ncnc2-c2ccc(F)cc21. The Balaban J connectivity index is 1.60. The van der Waals surface area contributed by atoms with Crippen LogP contribution in [0.15, 0.2) is 43.0 Å². The molecule has 2 aliphatic rings. The summed E-state index contributed by atoms with van der Waals surface area (Å²) in [5.41, 5.74) is 10.4. The van der Waals surface area contributed by atoms with E-state index in [1.165, 1.54) is 24.9 Å². The summed E-state index contributed by atoms with van der Waals surface area (Å²) in [6, 6.07) is 6.88. The molecule has 32 heavy (non-hydrogen) atoms. The van der Waals surface area contributed by atoms with Crippen molar-refractivity contribution in [3.63, 3.8) is 0 Å². The van der Waals surface area contributed by atoms with Crippen molar-refractivity contribution in [3.05, 3.63) is 59.9 Å². The average molecular weight is 431 g/mol. The molecule has 0 saturated heterocycles. The molecule has 4 aromatic rings. The minimum absolute atomic E-state index is 0.287. The van der Waals surface area contributed by atoms with Gasteiger partial charge in [-0.25, -0.2) is 19.0 Å². The van der Waals surface area contributed by atoms with Crippen LogP contribution in [-0.4, -0.2) is 29.5 Å². The third-order valence-electron chi connectivity index (χ3n) is 6.38. The van der Waals surface area contributed by atoms with Crippen LogP contribution in [-0.2, 0) is 6.54 Å². The van der Waals surface area contributed by atoms with Crippen LogP contribution in [0.2, 0.25) is 0 Å². The molecule has 8 nitrogen and oxygen atoms in total. The van der Waals surface area contributed by atoms with Gasteiger partial charge in [0.15, 0.2) is 17.4 Å². The number of rotatable bonds is 1. The lowest BCUT2D eigenvalue weighted by molar-refractivity contribution is 0.227. The number of nitrogens with two attached hydrogens (primary N) is 1. The molecule has 1 aliphatic heterocycles. The van der Waals surface area contributed by atoms with Crippen LogP contribution in [0.25, 0.3) is 22.6 Å². The summed E-state index contributed by atoms with van der Waals surface area (Å²) in [4.78, 5) is 8.89. The van der Waals surface area contributed by atoms with Crippen LogP contribution in [0.4, 0.5) is 10.2 Å². The molecule has 4 heterocycles. The van der Waals surface area contributed by atoms with Gasteiger partial charge < -0.3 is 10.5 Å². The predicted molar refractivity (Wildman–Crippen MR) is 116 cm³/mol. The molecule has 1 saturated carbocycles. The molecule has 1 aromatic carbocycles. The molecule has 162 valence electrons. The minimum Gasteiger partial charge on any atom is -0.482 e. The molecule has 0 amide bonds. The summed E-state index contributed by atoms with van der Waals surface area (Å²) in [6.07, 6.45) is 8.07. The van der Waals surface area contributed by atoms with E-state index in [1.54, 1.807) is 12.3 Å². The van der Waals surface area contributed by atoms with Crippen molar-refractivity contribution < 1.29 is 9.13 Å². The fourth-order valence-corrected chi connectivity index (χ4v) is 4.50. The van der Waals surface area contributed by atoms with Crippen LogP contribution in [0, 0.1) is 5.82 Å². The van der Waals surface area contributed by atoms with Gasteiger partial charge in [-0.3, -0.25) is 4.68 Å². The van der Waals surface area contributed by atoms with Gasteiger partial charge in [-0.05, 0) is 50.5 Å². The van der Waals surface area contributed by atoms with Crippen molar-refractivity contribution in [1.82, 2.24) is 29.5 Å². The molecule has 2 N–H and O–H groups in total. The lowest BCUT2D eigenvalue weighted by atomic mass is 9.92. The van der Waals surface area contributed by atoms with Crippen molar-refractivity contribution in [1.29, 1.82) is 0 Å². The smallest absolute Gasteiger partial charge is 0.166 e. The molecule has 3 aromatic heterocycles. The molecule has 0 radical (unpaired) electrons. The largest absolute Gasteiger partial charge is 0.482 e. The Labute approximate surface area is 183 Å². The van der Waals surface area contributed by atoms with Crippen LogP contribution in [0.5, 0.6) is 5.75 Å². The van der Waals surface area contributed by atoms with Crippen molar-refractivity contribution in [2.24, 2.45) is 0 Å². The van der Waals surface area contributed by atoms with Gasteiger partial charge in [0.2, 0.25) is 0 Å². The zero-order valence-electron chi connectivity index (χ0n) is 17.6. The highest BCUT2D eigenvalue weighted by molar-refractivity contribution is 5.68. The van der Waals surface area contributed by atoms with Gasteiger partial charge in [-0.1, -0.05) is 0 Å². The van der Waals surface area contributed by atoms with E-state index in [4.69, 9.17) is 15.6 Å². The maximum absolute atomic E-state index is 14.2. The maximum Gasteiger partial charge on any atom is 0.166 e. The molecular formula is C23H22FN7O. The number of benzene rings is 1. The molecule has 0 spiro atoms. The molecule has 1 atom stereocenters.